The lowest BCUT2D eigenvalue weighted by molar-refractivity contribution is 0.734. The first-order valence-electron chi connectivity index (χ1n) is 2.71. The molecule has 0 amide bonds. The molecule has 0 fully saturated rings. The summed E-state index contributed by atoms with van der Waals surface area (Å²) in [5, 5.41) is 3.10. The molecular weight excluding hydrogens is 119 g/mol. The maximum Gasteiger partial charge on any atom is 0.0318 e. The monoisotopic (exact) mass is 132 g/mol. The highest BCUT2D eigenvalue weighted by Crippen LogP contribution is 1.77. The molecule has 0 spiro atoms. The number of nitrogens with two attached hydrogens (primary N) is 1. The van der Waals surface area contributed by atoms with Crippen LogP contribution in [0.3, 0.4) is 0 Å². The Labute approximate surface area is 52.7 Å². The fourth-order valence-corrected chi connectivity index (χ4v) is 0.696. The molecule has 2 nitrogen and oxygen atoms in total. The molecule has 0 aliphatic heterocycles. The van der Waals surface area contributed by atoms with Crippen LogP contribution in [-0.2, 0) is 0 Å². The predicted molar refractivity (Wildman–Crippen MR) is 40.6 cm³/mol. The van der Waals surface area contributed by atoms with Crippen molar-refractivity contribution in [3.8, 4) is 0 Å². The van der Waals surface area contributed by atoms with Crippen molar-refractivity contribution in [3.63, 3.8) is 0 Å². The molecule has 48 valence electrons. The van der Waals surface area contributed by atoms with Crippen LogP contribution in [0.2, 0.25) is 0 Å². The zero-order valence-corrected chi connectivity index (χ0v) is 6.36. The largest absolute Gasteiger partial charge is 0.325 e. The van der Waals surface area contributed by atoms with Crippen molar-refractivity contribution in [2.45, 2.75) is 19.9 Å². The first-order valence-corrected chi connectivity index (χ1v) is 3.21. The van der Waals surface area contributed by atoms with E-state index in [4.69, 9.17) is 5.73 Å². The maximum absolute atomic E-state index is 5.27. The topological polar surface area (TPSA) is 38.0 Å². The molecule has 3 N–H and O–H groups in total. The quantitative estimate of drug-likeness (QED) is 0.539. The molecule has 0 atom stereocenters. The highest BCUT2D eigenvalue weighted by Gasteiger charge is 1.91. The van der Waals surface area contributed by atoms with E-state index in [0.717, 1.165) is 5.42 Å². The van der Waals surface area contributed by atoms with Gasteiger partial charge in [0.25, 0.3) is 0 Å². The Balaban J connectivity index is 3.25. The van der Waals surface area contributed by atoms with Gasteiger partial charge in [-0.05, 0) is 13.8 Å². The van der Waals surface area contributed by atoms with E-state index in [2.05, 4.69) is 28.0 Å². The summed E-state index contributed by atoms with van der Waals surface area (Å²) in [4.78, 5) is 0. The molecule has 0 radical (unpaired) electrons. The molecule has 0 bridgehead atoms. The SMILES string of the molecule is CC(C)NC(=P)CN. The molecule has 0 unspecified atom stereocenters. The molecule has 0 saturated heterocycles. The van der Waals surface area contributed by atoms with Gasteiger partial charge < -0.3 is 5.73 Å². The van der Waals surface area contributed by atoms with Crippen molar-refractivity contribution in [3.05, 3.63) is 0 Å². The number of rotatable bonds is 3. The van der Waals surface area contributed by atoms with Gasteiger partial charge in [-0.2, -0.15) is 0 Å². The van der Waals surface area contributed by atoms with Gasteiger partial charge in [0.2, 0.25) is 0 Å². The molecule has 0 aromatic heterocycles. The second-order valence-electron chi connectivity index (χ2n) is 1.98. The molecule has 0 aliphatic rings. The molecule has 8 heavy (non-hydrogen) atoms. The molecule has 0 aromatic carbocycles. The van der Waals surface area contributed by atoms with E-state index in [1.54, 1.807) is 0 Å². The number of hydrogen-bond donors (Lipinski definition) is 2. The minimum atomic E-state index is 0.464. The van der Waals surface area contributed by atoms with Gasteiger partial charge in [0, 0.05) is 18.0 Å². The van der Waals surface area contributed by atoms with Crippen LogP contribution < -0.4 is 11.1 Å². The molecule has 0 aromatic rings. The summed E-state index contributed by atoms with van der Waals surface area (Å²) in [7, 11) is 3.30. The first kappa shape index (κ1) is 8.09. The van der Waals surface area contributed by atoms with Gasteiger partial charge in [0.05, 0.1) is 0 Å². The number of hydrogen-bond acceptors (Lipinski definition) is 1. The molecule has 0 aliphatic carbocycles. The van der Waals surface area contributed by atoms with E-state index in [9.17, 15) is 0 Å². The Kier molecular flexibility index (Phi) is 4.06. The summed E-state index contributed by atoms with van der Waals surface area (Å²) in [6.45, 7) is 4.68. The molecule has 0 heterocycles. The van der Waals surface area contributed by atoms with Gasteiger partial charge >= 0.3 is 0 Å². The normalized spacial score (nSPS) is 10.0. The third-order valence-electron chi connectivity index (χ3n) is 0.667. The van der Waals surface area contributed by atoms with Crippen LogP contribution in [0.4, 0.5) is 0 Å². The highest BCUT2D eigenvalue weighted by atomic mass is 31.0. The highest BCUT2D eigenvalue weighted by molar-refractivity contribution is 7.21. The minimum absolute atomic E-state index is 0.464. The van der Waals surface area contributed by atoms with Crippen molar-refractivity contribution < 1.29 is 0 Å². The van der Waals surface area contributed by atoms with E-state index in [-0.39, 0.29) is 0 Å². The van der Waals surface area contributed by atoms with E-state index in [0.29, 0.717) is 12.6 Å². The summed E-state index contributed by atoms with van der Waals surface area (Å²) in [6.07, 6.45) is 0. The summed E-state index contributed by atoms with van der Waals surface area (Å²) in [5.74, 6) is 0. The van der Waals surface area contributed by atoms with E-state index >= 15 is 0 Å². The fourth-order valence-electron chi connectivity index (χ4n) is 0.407. The first-order chi connectivity index (χ1) is 3.66. The Morgan fingerprint density at radius 2 is 2.25 bits per heavy atom. The molecule has 0 saturated carbocycles. The van der Waals surface area contributed by atoms with Crippen molar-refractivity contribution in [1.29, 1.82) is 0 Å². The van der Waals surface area contributed by atoms with E-state index < -0.39 is 0 Å². The maximum atomic E-state index is 5.27. The van der Waals surface area contributed by atoms with Crippen LogP contribution in [0.1, 0.15) is 13.8 Å². The third-order valence-corrected chi connectivity index (χ3v) is 1.02. The van der Waals surface area contributed by atoms with Crippen LogP contribution >= 0.6 is 8.86 Å². The van der Waals surface area contributed by atoms with Crippen molar-refractivity contribution >= 4 is 14.3 Å². The zero-order chi connectivity index (χ0) is 6.57. The van der Waals surface area contributed by atoms with Gasteiger partial charge in [-0.3, -0.25) is 5.32 Å². The average molecular weight is 132 g/mol. The van der Waals surface area contributed by atoms with Gasteiger partial charge in [0.15, 0.2) is 0 Å². The van der Waals surface area contributed by atoms with Crippen LogP contribution in [-0.4, -0.2) is 18.0 Å². The Hall–Kier alpha value is 0.0900. The molecule has 3 heteroatoms. The minimum Gasteiger partial charge on any atom is -0.325 e. The fraction of sp³-hybridized carbons (Fsp3) is 0.800. The predicted octanol–water partition coefficient (Wildman–Crippen LogP) is 0.216. The average Bonchev–Trinajstić information content (AvgIpc) is 1.65. The van der Waals surface area contributed by atoms with Gasteiger partial charge in [-0.25, -0.2) is 0 Å². The molecule has 0 rings (SSSR count). The van der Waals surface area contributed by atoms with Gasteiger partial charge in [-0.1, -0.05) is 0 Å². The second kappa shape index (κ2) is 4.02. The Morgan fingerprint density at radius 3 is 2.38 bits per heavy atom. The van der Waals surface area contributed by atoms with Crippen LogP contribution in [0, 0.1) is 0 Å². The lowest BCUT2D eigenvalue weighted by atomic mass is 10.4. The van der Waals surface area contributed by atoms with Crippen molar-refractivity contribution in [2.24, 2.45) is 5.73 Å². The smallest absolute Gasteiger partial charge is 0.0318 e. The standard InChI is InChI=1S/C5H13N2P/c1-4(2)7-5(8)3-6/h4,7-8H,3,6H2,1-2H3. The van der Waals surface area contributed by atoms with Gasteiger partial charge in [0.1, 0.15) is 0 Å². The third kappa shape index (κ3) is 4.25. The summed E-state index contributed by atoms with van der Waals surface area (Å²) >= 11 is 0. The second-order valence-corrected chi connectivity index (χ2v) is 2.59. The van der Waals surface area contributed by atoms with E-state index in [1.807, 2.05) is 0 Å². The number of nitrogens with one attached hydrogen (secondary N) is 1. The Bertz CT molecular complexity index is 80.5. The van der Waals surface area contributed by atoms with Crippen molar-refractivity contribution in [2.75, 3.05) is 6.54 Å². The van der Waals surface area contributed by atoms with E-state index in [1.165, 1.54) is 0 Å². The Morgan fingerprint density at radius 1 is 1.75 bits per heavy atom. The zero-order valence-electron chi connectivity index (χ0n) is 5.36. The van der Waals surface area contributed by atoms with Crippen LogP contribution in [0.5, 0.6) is 0 Å². The van der Waals surface area contributed by atoms with Crippen molar-refractivity contribution in [1.82, 2.24) is 5.32 Å². The van der Waals surface area contributed by atoms with Crippen LogP contribution in [0.15, 0.2) is 0 Å². The molecular formula is C5H13N2P. The summed E-state index contributed by atoms with van der Waals surface area (Å²) in [6, 6.07) is 0.464. The summed E-state index contributed by atoms with van der Waals surface area (Å²) < 4.78 is 0. The van der Waals surface area contributed by atoms with Gasteiger partial charge in [-0.15, -0.1) is 8.86 Å². The summed E-state index contributed by atoms with van der Waals surface area (Å²) in [5.41, 5.74) is 6.23. The lowest BCUT2D eigenvalue weighted by Crippen LogP contribution is -2.33. The lowest BCUT2D eigenvalue weighted by Gasteiger charge is -2.06. The van der Waals surface area contributed by atoms with Crippen LogP contribution in [0.25, 0.3) is 0 Å².